The summed E-state index contributed by atoms with van der Waals surface area (Å²) in [5.41, 5.74) is 0.104. The summed E-state index contributed by atoms with van der Waals surface area (Å²) < 4.78 is 23.8. The minimum atomic E-state index is -1.30. The molecular weight excluding hydrogens is 313 g/mol. The highest BCUT2D eigenvalue weighted by Gasteiger charge is 2.08. The molecular formula is C18H14FNO4. The van der Waals surface area contributed by atoms with Crippen LogP contribution < -0.4 is 9.47 Å². The van der Waals surface area contributed by atoms with Gasteiger partial charge in [0.2, 0.25) is 0 Å². The van der Waals surface area contributed by atoms with Gasteiger partial charge in [-0.15, -0.1) is 0 Å². The molecule has 0 saturated carbocycles. The number of hydrogen-bond donors (Lipinski definition) is 1. The van der Waals surface area contributed by atoms with E-state index in [1.807, 2.05) is 0 Å². The molecule has 0 fully saturated rings. The molecule has 0 atom stereocenters. The molecule has 24 heavy (non-hydrogen) atoms. The van der Waals surface area contributed by atoms with Gasteiger partial charge in [0.15, 0.2) is 0 Å². The first-order chi connectivity index (χ1) is 11.6. The second kappa shape index (κ2) is 8.34. The van der Waals surface area contributed by atoms with Gasteiger partial charge in [-0.1, -0.05) is 18.2 Å². The van der Waals surface area contributed by atoms with Crippen molar-refractivity contribution in [2.45, 2.75) is 0 Å². The number of benzene rings is 2. The van der Waals surface area contributed by atoms with E-state index >= 15 is 0 Å². The van der Waals surface area contributed by atoms with Crippen molar-refractivity contribution in [3.63, 3.8) is 0 Å². The van der Waals surface area contributed by atoms with Gasteiger partial charge in [-0.2, -0.15) is 5.26 Å². The molecule has 0 unspecified atom stereocenters. The Labute approximate surface area is 138 Å². The number of rotatable bonds is 7. The van der Waals surface area contributed by atoms with Gasteiger partial charge >= 0.3 is 5.97 Å². The third-order valence-electron chi connectivity index (χ3n) is 2.99. The third kappa shape index (κ3) is 4.85. The highest BCUT2D eigenvalue weighted by molar-refractivity contribution is 5.96. The standard InChI is InChI=1S/C18H14FNO4/c19-15-5-7-16(8-6-15)23-9-10-24-17-4-2-1-3-13(17)11-14(12-20)18(21)22/h1-8,11H,9-10H2,(H,21,22). The van der Waals surface area contributed by atoms with Crippen molar-refractivity contribution >= 4 is 12.0 Å². The summed E-state index contributed by atoms with van der Waals surface area (Å²) in [6, 6.07) is 14.0. The topological polar surface area (TPSA) is 79.5 Å². The summed E-state index contributed by atoms with van der Waals surface area (Å²) in [6.45, 7) is 0.435. The maximum atomic E-state index is 12.8. The van der Waals surface area contributed by atoms with Gasteiger partial charge in [0.25, 0.3) is 0 Å². The average molecular weight is 327 g/mol. The molecule has 0 aliphatic carbocycles. The van der Waals surface area contributed by atoms with Crippen LogP contribution in [0.2, 0.25) is 0 Å². The largest absolute Gasteiger partial charge is 0.490 e. The lowest BCUT2D eigenvalue weighted by atomic mass is 10.1. The highest BCUT2D eigenvalue weighted by Crippen LogP contribution is 2.21. The summed E-state index contributed by atoms with van der Waals surface area (Å²) >= 11 is 0. The summed E-state index contributed by atoms with van der Waals surface area (Å²) in [5.74, 6) is -0.682. The van der Waals surface area contributed by atoms with Crippen LogP contribution in [0.15, 0.2) is 54.1 Å². The van der Waals surface area contributed by atoms with E-state index in [4.69, 9.17) is 19.8 Å². The number of ether oxygens (including phenoxy) is 2. The lowest BCUT2D eigenvalue weighted by molar-refractivity contribution is -0.132. The number of carboxylic acid groups (broad SMARTS) is 1. The third-order valence-corrected chi connectivity index (χ3v) is 2.99. The van der Waals surface area contributed by atoms with Crippen molar-refractivity contribution in [3.05, 3.63) is 65.5 Å². The summed E-state index contributed by atoms with van der Waals surface area (Å²) in [4.78, 5) is 10.9. The van der Waals surface area contributed by atoms with Gasteiger partial charge in [-0.3, -0.25) is 0 Å². The van der Waals surface area contributed by atoms with E-state index in [2.05, 4.69) is 0 Å². The van der Waals surface area contributed by atoms with Crippen LogP contribution in [0, 0.1) is 17.1 Å². The summed E-state index contributed by atoms with van der Waals surface area (Å²) in [5, 5.41) is 17.7. The number of para-hydroxylation sites is 1. The minimum absolute atomic E-state index is 0.206. The van der Waals surface area contributed by atoms with Crippen LogP contribution in [0.3, 0.4) is 0 Å². The van der Waals surface area contributed by atoms with Gasteiger partial charge in [-0.05, 0) is 36.4 Å². The van der Waals surface area contributed by atoms with E-state index in [0.717, 1.165) is 0 Å². The minimum Gasteiger partial charge on any atom is -0.490 e. The second-order valence-corrected chi connectivity index (χ2v) is 4.66. The quantitative estimate of drug-likeness (QED) is 0.479. The van der Waals surface area contributed by atoms with Crippen LogP contribution in [0.1, 0.15) is 5.56 Å². The molecule has 2 aromatic carbocycles. The molecule has 0 aromatic heterocycles. The van der Waals surface area contributed by atoms with Crippen molar-refractivity contribution in [1.29, 1.82) is 5.26 Å². The highest BCUT2D eigenvalue weighted by atomic mass is 19.1. The molecule has 2 aromatic rings. The Kier molecular flexibility index (Phi) is 5.92. The molecule has 122 valence electrons. The average Bonchev–Trinajstić information content (AvgIpc) is 2.59. The Bertz CT molecular complexity index is 778. The predicted octanol–water partition coefficient (Wildman–Crippen LogP) is 3.28. The second-order valence-electron chi connectivity index (χ2n) is 4.66. The summed E-state index contributed by atoms with van der Waals surface area (Å²) in [6.07, 6.45) is 1.25. The number of halogens is 1. The molecule has 2 rings (SSSR count). The number of carboxylic acids is 1. The lowest BCUT2D eigenvalue weighted by Crippen LogP contribution is -2.09. The van der Waals surface area contributed by atoms with Gasteiger partial charge in [0.05, 0.1) is 0 Å². The van der Waals surface area contributed by atoms with Crippen LogP contribution in [-0.4, -0.2) is 24.3 Å². The number of carbonyl (C=O) groups is 1. The summed E-state index contributed by atoms with van der Waals surface area (Å²) in [7, 11) is 0. The first-order valence-corrected chi connectivity index (χ1v) is 7.05. The molecule has 0 heterocycles. The Morgan fingerprint density at radius 3 is 2.46 bits per heavy atom. The fourth-order valence-electron chi connectivity index (χ4n) is 1.87. The smallest absolute Gasteiger partial charge is 0.346 e. The van der Waals surface area contributed by atoms with Crippen molar-refractivity contribution in [1.82, 2.24) is 0 Å². The molecule has 1 N–H and O–H groups in total. The normalized spacial score (nSPS) is 10.8. The fourth-order valence-corrected chi connectivity index (χ4v) is 1.87. The van der Waals surface area contributed by atoms with E-state index in [9.17, 15) is 9.18 Å². The van der Waals surface area contributed by atoms with Gasteiger partial charge in [0, 0.05) is 5.56 Å². The number of aliphatic carboxylic acids is 1. The van der Waals surface area contributed by atoms with E-state index in [0.29, 0.717) is 17.1 Å². The van der Waals surface area contributed by atoms with Crippen molar-refractivity contribution in [2.75, 3.05) is 13.2 Å². The van der Waals surface area contributed by atoms with Gasteiger partial charge < -0.3 is 14.6 Å². The van der Waals surface area contributed by atoms with E-state index < -0.39 is 5.97 Å². The molecule has 0 spiro atoms. The molecule has 5 nitrogen and oxygen atoms in total. The van der Waals surface area contributed by atoms with Crippen LogP contribution in [-0.2, 0) is 4.79 Å². The first kappa shape index (κ1) is 17.0. The zero-order chi connectivity index (χ0) is 17.4. The Morgan fingerprint density at radius 1 is 1.12 bits per heavy atom. The van der Waals surface area contributed by atoms with Crippen LogP contribution in [0.5, 0.6) is 11.5 Å². The van der Waals surface area contributed by atoms with Gasteiger partial charge in [-0.25, -0.2) is 9.18 Å². The molecule has 0 aliphatic rings. The lowest BCUT2D eigenvalue weighted by Gasteiger charge is -2.10. The van der Waals surface area contributed by atoms with E-state index in [1.54, 1.807) is 30.3 Å². The molecule has 0 aliphatic heterocycles. The van der Waals surface area contributed by atoms with Gasteiger partial charge in [0.1, 0.15) is 42.2 Å². The van der Waals surface area contributed by atoms with E-state index in [1.165, 1.54) is 30.3 Å². The number of hydrogen-bond acceptors (Lipinski definition) is 4. The zero-order valence-electron chi connectivity index (χ0n) is 12.6. The SMILES string of the molecule is N#CC(=Cc1ccccc1OCCOc1ccc(F)cc1)C(=O)O. The Hall–Kier alpha value is -3.33. The Balaban J connectivity index is 1.97. The van der Waals surface area contributed by atoms with Crippen LogP contribution in [0.25, 0.3) is 6.08 Å². The molecule has 0 amide bonds. The zero-order valence-corrected chi connectivity index (χ0v) is 12.6. The maximum Gasteiger partial charge on any atom is 0.346 e. The predicted molar refractivity (Wildman–Crippen MR) is 85.1 cm³/mol. The number of nitrogens with zero attached hydrogens (tertiary/aromatic N) is 1. The van der Waals surface area contributed by atoms with Crippen LogP contribution in [0.4, 0.5) is 4.39 Å². The van der Waals surface area contributed by atoms with E-state index in [-0.39, 0.29) is 24.6 Å². The maximum absolute atomic E-state index is 12.8. The fraction of sp³-hybridized carbons (Fsp3) is 0.111. The van der Waals surface area contributed by atoms with Crippen LogP contribution >= 0.6 is 0 Å². The number of nitriles is 1. The molecule has 6 heteroatoms. The molecule has 0 saturated heterocycles. The van der Waals surface area contributed by atoms with Crippen molar-refractivity contribution in [3.8, 4) is 17.6 Å². The van der Waals surface area contributed by atoms with Crippen molar-refractivity contribution < 1.29 is 23.8 Å². The Morgan fingerprint density at radius 2 is 1.79 bits per heavy atom. The molecule has 0 bridgehead atoms. The molecule has 0 radical (unpaired) electrons. The van der Waals surface area contributed by atoms with Crippen molar-refractivity contribution in [2.24, 2.45) is 0 Å². The first-order valence-electron chi connectivity index (χ1n) is 7.05. The monoisotopic (exact) mass is 327 g/mol.